The number of benzene rings is 1. The number of rotatable bonds is 5. The number of carbonyl (C=O) groups is 1. The van der Waals surface area contributed by atoms with Crippen LogP contribution in [-0.2, 0) is 11.3 Å². The Bertz CT molecular complexity index is 707. The monoisotopic (exact) mass is 302 g/mol. The highest BCUT2D eigenvalue weighted by atomic mass is 16.3. The molecule has 0 saturated carbocycles. The first-order chi connectivity index (χ1) is 10.5. The van der Waals surface area contributed by atoms with E-state index in [1.165, 1.54) is 24.4 Å². The Labute approximate surface area is 127 Å². The second-order valence-electron chi connectivity index (χ2n) is 4.94. The van der Waals surface area contributed by atoms with Crippen molar-refractivity contribution in [2.45, 2.75) is 26.8 Å². The average molecular weight is 302 g/mol. The summed E-state index contributed by atoms with van der Waals surface area (Å²) in [5.74, 6) is -0.397. The normalized spacial score (nSPS) is 11.0. The zero-order chi connectivity index (χ0) is 16.1. The molecule has 0 radical (unpaired) electrons. The van der Waals surface area contributed by atoms with Gasteiger partial charge in [-0.2, -0.15) is 10.2 Å². The molecule has 0 unspecified atom stereocenters. The van der Waals surface area contributed by atoms with Gasteiger partial charge in [0.15, 0.2) is 0 Å². The molecule has 7 heteroatoms. The highest BCUT2D eigenvalue weighted by molar-refractivity contribution is 5.85. The number of hydrogen-bond donors (Lipinski definition) is 3. The molecular weight excluding hydrogens is 284 g/mol. The number of nitrogens with one attached hydrogen (secondary N) is 1. The van der Waals surface area contributed by atoms with E-state index in [-0.39, 0.29) is 23.8 Å². The lowest BCUT2D eigenvalue weighted by molar-refractivity contribution is -0.121. The molecule has 0 aliphatic heterocycles. The van der Waals surface area contributed by atoms with E-state index in [9.17, 15) is 15.0 Å². The molecule has 22 heavy (non-hydrogen) atoms. The van der Waals surface area contributed by atoms with Crippen molar-refractivity contribution in [3.8, 4) is 11.5 Å². The van der Waals surface area contributed by atoms with E-state index in [0.717, 1.165) is 11.4 Å². The summed E-state index contributed by atoms with van der Waals surface area (Å²) in [7, 11) is 0. The van der Waals surface area contributed by atoms with Gasteiger partial charge in [-0.15, -0.1) is 0 Å². The first-order valence-corrected chi connectivity index (χ1v) is 6.80. The molecule has 0 aliphatic carbocycles. The molecular formula is C15H18N4O3. The molecule has 1 amide bonds. The summed E-state index contributed by atoms with van der Waals surface area (Å²) in [5, 5.41) is 26.8. The first-order valence-electron chi connectivity index (χ1n) is 6.80. The molecule has 0 saturated heterocycles. The molecule has 1 aromatic carbocycles. The number of hydrogen-bond acceptors (Lipinski definition) is 5. The minimum absolute atomic E-state index is 0.0384. The van der Waals surface area contributed by atoms with Crippen LogP contribution in [0, 0.1) is 13.8 Å². The van der Waals surface area contributed by atoms with E-state index in [1.54, 1.807) is 4.68 Å². The van der Waals surface area contributed by atoms with E-state index in [0.29, 0.717) is 12.1 Å². The van der Waals surface area contributed by atoms with Gasteiger partial charge in [0.1, 0.15) is 11.5 Å². The molecule has 0 aliphatic rings. The topological polar surface area (TPSA) is 99.7 Å². The SMILES string of the molecule is Cc1cc(C)n(CCC(=O)NN=Cc2ccc(O)cc2O)n1. The Morgan fingerprint density at radius 2 is 2.14 bits per heavy atom. The van der Waals surface area contributed by atoms with Crippen LogP contribution in [-0.4, -0.2) is 32.1 Å². The highest BCUT2D eigenvalue weighted by Crippen LogP contribution is 2.20. The van der Waals surface area contributed by atoms with E-state index >= 15 is 0 Å². The summed E-state index contributed by atoms with van der Waals surface area (Å²) in [6.07, 6.45) is 1.57. The van der Waals surface area contributed by atoms with E-state index in [4.69, 9.17) is 0 Å². The molecule has 0 bridgehead atoms. The standard InChI is InChI=1S/C15H18N4O3/c1-10-7-11(2)19(18-10)6-5-15(22)17-16-9-12-3-4-13(20)8-14(12)21/h3-4,7-9,20-21H,5-6H2,1-2H3,(H,17,22). The average Bonchev–Trinajstić information content (AvgIpc) is 2.77. The number of aromatic nitrogens is 2. The number of aromatic hydroxyl groups is 2. The van der Waals surface area contributed by atoms with Gasteiger partial charge in [0.25, 0.3) is 0 Å². The van der Waals surface area contributed by atoms with Crippen molar-refractivity contribution in [1.29, 1.82) is 0 Å². The van der Waals surface area contributed by atoms with Crippen molar-refractivity contribution in [1.82, 2.24) is 15.2 Å². The predicted molar refractivity (Wildman–Crippen MR) is 81.8 cm³/mol. The summed E-state index contributed by atoms with van der Waals surface area (Å²) in [4.78, 5) is 11.7. The number of carbonyl (C=O) groups excluding carboxylic acids is 1. The number of aryl methyl sites for hydroxylation is 3. The fraction of sp³-hybridized carbons (Fsp3) is 0.267. The Hall–Kier alpha value is -2.83. The molecule has 7 nitrogen and oxygen atoms in total. The number of nitrogens with zero attached hydrogens (tertiary/aromatic N) is 3. The highest BCUT2D eigenvalue weighted by Gasteiger charge is 2.05. The fourth-order valence-electron chi connectivity index (χ4n) is 1.98. The third-order valence-electron chi connectivity index (χ3n) is 3.06. The molecule has 3 N–H and O–H groups in total. The van der Waals surface area contributed by atoms with Gasteiger partial charge in [0.05, 0.1) is 18.5 Å². The summed E-state index contributed by atoms with van der Waals surface area (Å²) < 4.78 is 1.77. The number of phenols is 2. The number of phenolic OH excluding ortho intramolecular Hbond substituents is 2. The molecule has 0 atom stereocenters. The van der Waals surface area contributed by atoms with Crippen molar-refractivity contribution in [3.05, 3.63) is 41.2 Å². The van der Waals surface area contributed by atoms with Gasteiger partial charge in [0, 0.05) is 23.7 Å². The fourth-order valence-corrected chi connectivity index (χ4v) is 1.98. The molecule has 2 aromatic rings. The number of hydrazone groups is 1. The maximum atomic E-state index is 11.7. The summed E-state index contributed by atoms with van der Waals surface area (Å²) >= 11 is 0. The lowest BCUT2D eigenvalue weighted by Crippen LogP contribution is -2.20. The number of amides is 1. The third kappa shape index (κ3) is 4.08. The largest absolute Gasteiger partial charge is 0.508 e. The smallest absolute Gasteiger partial charge is 0.241 e. The predicted octanol–water partition coefficient (Wildman–Crippen LogP) is 1.45. The van der Waals surface area contributed by atoms with E-state index in [2.05, 4.69) is 15.6 Å². The maximum absolute atomic E-state index is 11.7. The first kappa shape index (κ1) is 15.6. The zero-order valence-corrected chi connectivity index (χ0v) is 12.4. The Morgan fingerprint density at radius 3 is 2.77 bits per heavy atom. The molecule has 1 heterocycles. The Morgan fingerprint density at radius 1 is 1.36 bits per heavy atom. The second-order valence-corrected chi connectivity index (χ2v) is 4.94. The molecule has 1 aromatic heterocycles. The van der Waals surface area contributed by atoms with Crippen molar-refractivity contribution < 1.29 is 15.0 Å². The van der Waals surface area contributed by atoms with Gasteiger partial charge in [-0.05, 0) is 32.0 Å². The van der Waals surface area contributed by atoms with Crippen LogP contribution in [0.25, 0.3) is 0 Å². The van der Waals surface area contributed by atoms with Crippen LogP contribution in [0.1, 0.15) is 23.4 Å². The van der Waals surface area contributed by atoms with Gasteiger partial charge in [0.2, 0.25) is 5.91 Å². The van der Waals surface area contributed by atoms with Crippen LogP contribution in [0.15, 0.2) is 29.4 Å². The van der Waals surface area contributed by atoms with Gasteiger partial charge in [-0.1, -0.05) is 0 Å². The van der Waals surface area contributed by atoms with Crippen LogP contribution < -0.4 is 5.43 Å². The Balaban J connectivity index is 1.85. The molecule has 0 fully saturated rings. The van der Waals surface area contributed by atoms with Gasteiger partial charge in [-0.25, -0.2) is 5.43 Å². The molecule has 2 rings (SSSR count). The van der Waals surface area contributed by atoms with Crippen LogP contribution in [0.4, 0.5) is 0 Å². The Kier molecular flexibility index (Phi) is 4.77. The van der Waals surface area contributed by atoms with Gasteiger partial charge < -0.3 is 10.2 Å². The summed E-state index contributed by atoms with van der Waals surface area (Å²) in [6.45, 7) is 4.31. The van der Waals surface area contributed by atoms with Crippen molar-refractivity contribution in [2.24, 2.45) is 5.10 Å². The van der Waals surface area contributed by atoms with Gasteiger partial charge in [-0.3, -0.25) is 9.48 Å². The van der Waals surface area contributed by atoms with E-state index < -0.39 is 0 Å². The van der Waals surface area contributed by atoms with Crippen molar-refractivity contribution in [3.63, 3.8) is 0 Å². The van der Waals surface area contributed by atoms with E-state index in [1.807, 2.05) is 19.9 Å². The molecule has 0 spiro atoms. The molecule has 116 valence electrons. The summed E-state index contributed by atoms with van der Waals surface area (Å²) in [6, 6.07) is 6.07. The van der Waals surface area contributed by atoms with Crippen LogP contribution in [0.3, 0.4) is 0 Å². The van der Waals surface area contributed by atoms with Crippen molar-refractivity contribution in [2.75, 3.05) is 0 Å². The second kappa shape index (κ2) is 6.75. The minimum Gasteiger partial charge on any atom is -0.508 e. The van der Waals surface area contributed by atoms with Crippen LogP contribution in [0.2, 0.25) is 0 Å². The van der Waals surface area contributed by atoms with Gasteiger partial charge >= 0.3 is 0 Å². The lowest BCUT2D eigenvalue weighted by atomic mass is 10.2. The zero-order valence-electron chi connectivity index (χ0n) is 12.4. The minimum atomic E-state index is -0.248. The van der Waals surface area contributed by atoms with Crippen LogP contribution >= 0.6 is 0 Å². The quantitative estimate of drug-likeness (QED) is 0.575. The lowest BCUT2D eigenvalue weighted by Gasteiger charge is -2.03. The van der Waals surface area contributed by atoms with Crippen molar-refractivity contribution >= 4 is 12.1 Å². The summed E-state index contributed by atoms with van der Waals surface area (Å²) in [5.41, 5.74) is 4.70. The maximum Gasteiger partial charge on any atom is 0.241 e. The van der Waals surface area contributed by atoms with Crippen LogP contribution in [0.5, 0.6) is 11.5 Å². The third-order valence-corrected chi connectivity index (χ3v) is 3.06.